The van der Waals surface area contributed by atoms with Gasteiger partial charge in [0, 0.05) is 5.69 Å². The first-order chi connectivity index (χ1) is 8.81. The molecule has 0 aliphatic carbocycles. The number of anilines is 1. The SMILES string of the molecule is CNCCc1cc(NC(=O)OC(C)(C)C)ccc1F. The second-order valence-electron chi connectivity index (χ2n) is 5.29. The predicted molar refractivity (Wildman–Crippen MR) is 73.9 cm³/mol. The minimum atomic E-state index is -0.556. The van der Waals surface area contributed by atoms with Crippen LogP contribution in [0.1, 0.15) is 26.3 Å². The molecule has 4 nitrogen and oxygen atoms in total. The summed E-state index contributed by atoms with van der Waals surface area (Å²) in [4.78, 5) is 11.6. The van der Waals surface area contributed by atoms with Gasteiger partial charge >= 0.3 is 6.09 Å². The van der Waals surface area contributed by atoms with Gasteiger partial charge in [0.15, 0.2) is 0 Å². The van der Waals surface area contributed by atoms with Gasteiger partial charge in [0.1, 0.15) is 11.4 Å². The fourth-order valence-corrected chi connectivity index (χ4v) is 1.53. The van der Waals surface area contributed by atoms with Crippen molar-refractivity contribution in [3.63, 3.8) is 0 Å². The number of rotatable bonds is 4. The zero-order valence-corrected chi connectivity index (χ0v) is 11.8. The standard InChI is InChI=1S/C14H21FN2O2/c1-14(2,3)19-13(18)17-11-5-6-12(15)10(9-11)7-8-16-4/h5-6,9,16H,7-8H2,1-4H3,(H,17,18). The molecule has 0 aliphatic heterocycles. The summed E-state index contributed by atoms with van der Waals surface area (Å²) in [6, 6.07) is 4.48. The van der Waals surface area contributed by atoms with Crippen LogP contribution in [-0.4, -0.2) is 25.3 Å². The van der Waals surface area contributed by atoms with Gasteiger partial charge in [-0.25, -0.2) is 9.18 Å². The highest BCUT2D eigenvalue weighted by molar-refractivity contribution is 5.84. The maximum absolute atomic E-state index is 13.5. The average Bonchev–Trinajstić information content (AvgIpc) is 2.27. The first-order valence-corrected chi connectivity index (χ1v) is 6.25. The normalized spacial score (nSPS) is 11.2. The zero-order chi connectivity index (χ0) is 14.5. The summed E-state index contributed by atoms with van der Waals surface area (Å²) in [6.45, 7) is 6.04. The van der Waals surface area contributed by atoms with Gasteiger partial charge in [-0.2, -0.15) is 0 Å². The Hall–Kier alpha value is -1.62. The summed E-state index contributed by atoms with van der Waals surface area (Å²) in [6.07, 6.45) is 0.0188. The Morgan fingerprint density at radius 2 is 2.05 bits per heavy atom. The number of amides is 1. The molecule has 0 radical (unpaired) electrons. The minimum Gasteiger partial charge on any atom is -0.444 e. The largest absolute Gasteiger partial charge is 0.444 e. The van der Waals surface area contributed by atoms with Crippen LogP contribution >= 0.6 is 0 Å². The highest BCUT2D eigenvalue weighted by atomic mass is 19.1. The van der Waals surface area contributed by atoms with E-state index in [2.05, 4.69) is 10.6 Å². The number of carbonyl (C=O) groups excluding carboxylic acids is 1. The molecule has 1 rings (SSSR count). The second kappa shape index (κ2) is 6.52. The fourth-order valence-electron chi connectivity index (χ4n) is 1.53. The van der Waals surface area contributed by atoms with Gasteiger partial charge in [0.2, 0.25) is 0 Å². The van der Waals surface area contributed by atoms with Crippen LogP contribution < -0.4 is 10.6 Å². The number of carbonyl (C=O) groups is 1. The highest BCUT2D eigenvalue weighted by Crippen LogP contribution is 2.16. The third-order valence-corrected chi connectivity index (χ3v) is 2.34. The van der Waals surface area contributed by atoms with Crippen LogP contribution in [0, 0.1) is 5.82 Å². The number of ether oxygens (including phenoxy) is 1. The van der Waals surface area contributed by atoms with E-state index in [1.54, 1.807) is 33.9 Å². The molecule has 1 aromatic rings. The van der Waals surface area contributed by atoms with E-state index in [0.717, 1.165) is 0 Å². The Kier molecular flexibility index (Phi) is 5.30. The minimum absolute atomic E-state index is 0.273. The Balaban J connectivity index is 2.71. The van der Waals surface area contributed by atoms with E-state index in [9.17, 15) is 9.18 Å². The summed E-state index contributed by atoms with van der Waals surface area (Å²) in [5.74, 6) is -0.273. The van der Waals surface area contributed by atoms with Crippen LogP contribution in [0.4, 0.5) is 14.9 Å². The number of hydrogen-bond donors (Lipinski definition) is 2. The Labute approximate surface area is 113 Å². The van der Waals surface area contributed by atoms with Crippen LogP contribution in [0.2, 0.25) is 0 Å². The number of likely N-dealkylation sites (N-methyl/N-ethyl adjacent to an activating group) is 1. The van der Waals surface area contributed by atoms with Crippen molar-refractivity contribution in [3.8, 4) is 0 Å². The molecule has 0 saturated carbocycles. The lowest BCUT2D eigenvalue weighted by atomic mass is 10.1. The van der Waals surface area contributed by atoms with Crippen molar-refractivity contribution in [2.45, 2.75) is 32.8 Å². The first kappa shape index (κ1) is 15.4. The lowest BCUT2D eigenvalue weighted by molar-refractivity contribution is 0.0636. The molecule has 5 heteroatoms. The average molecular weight is 268 g/mol. The molecule has 0 aromatic heterocycles. The van der Waals surface area contributed by atoms with Gasteiger partial charge in [-0.15, -0.1) is 0 Å². The van der Waals surface area contributed by atoms with Gasteiger partial charge in [0.05, 0.1) is 0 Å². The third-order valence-electron chi connectivity index (χ3n) is 2.34. The molecular formula is C14H21FN2O2. The number of hydrogen-bond acceptors (Lipinski definition) is 3. The highest BCUT2D eigenvalue weighted by Gasteiger charge is 2.16. The fraction of sp³-hybridized carbons (Fsp3) is 0.500. The molecule has 106 valence electrons. The smallest absolute Gasteiger partial charge is 0.412 e. The van der Waals surface area contributed by atoms with Gasteiger partial charge in [0.25, 0.3) is 0 Å². The summed E-state index contributed by atoms with van der Waals surface area (Å²) in [5.41, 5.74) is 0.531. The molecular weight excluding hydrogens is 247 g/mol. The molecule has 0 fully saturated rings. The number of halogens is 1. The van der Waals surface area contributed by atoms with E-state index < -0.39 is 11.7 Å². The summed E-state index contributed by atoms with van der Waals surface area (Å²) >= 11 is 0. The van der Waals surface area contributed by atoms with Gasteiger partial charge in [-0.05, 0) is 64.5 Å². The molecule has 0 heterocycles. The van der Waals surface area contributed by atoms with Crippen LogP contribution in [0.5, 0.6) is 0 Å². The van der Waals surface area contributed by atoms with Crippen molar-refractivity contribution < 1.29 is 13.9 Å². The van der Waals surface area contributed by atoms with Crippen molar-refractivity contribution >= 4 is 11.8 Å². The van der Waals surface area contributed by atoms with Crippen molar-refractivity contribution in [1.82, 2.24) is 5.32 Å². The zero-order valence-electron chi connectivity index (χ0n) is 11.8. The maximum Gasteiger partial charge on any atom is 0.412 e. The Bertz CT molecular complexity index is 442. The molecule has 1 amide bonds. The summed E-state index contributed by atoms with van der Waals surface area (Å²) in [5, 5.41) is 5.55. The number of benzene rings is 1. The molecule has 0 unspecified atom stereocenters. The first-order valence-electron chi connectivity index (χ1n) is 6.25. The van der Waals surface area contributed by atoms with Crippen molar-refractivity contribution in [2.75, 3.05) is 18.9 Å². The number of nitrogens with one attached hydrogen (secondary N) is 2. The van der Waals surface area contributed by atoms with Crippen LogP contribution in [0.15, 0.2) is 18.2 Å². The van der Waals surface area contributed by atoms with Crippen LogP contribution in [-0.2, 0) is 11.2 Å². The summed E-state index contributed by atoms with van der Waals surface area (Å²) < 4.78 is 18.7. The van der Waals surface area contributed by atoms with E-state index in [4.69, 9.17) is 4.74 Å². The van der Waals surface area contributed by atoms with E-state index in [0.29, 0.717) is 24.2 Å². The quantitative estimate of drug-likeness (QED) is 0.882. The molecule has 0 saturated heterocycles. The molecule has 0 spiro atoms. The Morgan fingerprint density at radius 1 is 1.37 bits per heavy atom. The van der Waals surface area contributed by atoms with Crippen molar-refractivity contribution in [2.24, 2.45) is 0 Å². The van der Waals surface area contributed by atoms with E-state index >= 15 is 0 Å². The van der Waals surface area contributed by atoms with Gasteiger partial charge in [-0.1, -0.05) is 0 Å². The molecule has 0 aliphatic rings. The van der Waals surface area contributed by atoms with E-state index in [-0.39, 0.29) is 5.82 Å². The van der Waals surface area contributed by atoms with Crippen molar-refractivity contribution in [1.29, 1.82) is 0 Å². The van der Waals surface area contributed by atoms with Crippen molar-refractivity contribution in [3.05, 3.63) is 29.6 Å². The lowest BCUT2D eigenvalue weighted by Crippen LogP contribution is -2.27. The summed E-state index contributed by atoms with van der Waals surface area (Å²) in [7, 11) is 1.81. The molecule has 2 N–H and O–H groups in total. The van der Waals surface area contributed by atoms with Gasteiger partial charge < -0.3 is 10.1 Å². The molecule has 0 bridgehead atoms. The lowest BCUT2D eigenvalue weighted by Gasteiger charge is -2.19. The second-order valence-corrected chi connectivity index (χ2v) is 5.29. The third kappa shape index (κ3) is 5.70. The van der Waals surface area contributed by atoms with E-state index in [1.165, 1.54) is 12.1 Å². The molecule has 0 atom stereocenters. The van der Waals surface area contributed by atoms with E-state index in [1.807, 2.05) is 0 Å². The maximum atomic E-state index is 13.5. The van der Waals surface area contributed by atoms with Crippen LogP contribution in [0.25, 0.3) is 0 Å². The molecule has 1 aromatic carbocycles. The Morgan fingerprint density at radius 3 is 2.63 bits per heavy atom. The monoisotopic (exact) mass is 268 g/mol. The van der Waals surface area contributed by atoms with Gasteiger partial charge in [-0.3, -0.25) is 5.32 Å². The van der Waals surface area contributed by atoms with Crippen LogP contribution in [0.3, 0.4) is 0 Å². The topological polar surface area (TPSA) is 50.4 Å². The molecule has 19 heavy (non-hydrogen) atoms. The predicted octanol–water partition coefficient (Wildman–Crippen LogP) is 2.93.